The lowest BCUT2D eigenvalue weighted by Crippen LogP contribution is -2.50. The van der Waals surface area contributed by atoms with Gasteiger partial charge in [-0.15, -0.1) is 10.2 Å². The van der Waals surface area contributed by atoms with E-state index in [2.05, 4.69) is 32.5 Å². The van der Waals surface area contributed by atoms with E-state index in [4.69, 9.17) is 0 Å². The van der Waals surface area contributed by atoms with Gasteiger partial charge in [0, 0.05) is 50.4 Å². The Labute approximate surface area is 217 Å². The van der Waals surface area contributed by atoms with Gasteiger partial charge in [0.2, 0.25) is 5.91 Å². The monoisotopic (exact) mass is 504 g/mol. The Bertz CT molecular complexity index is 1230. The van der Waals surface area contributed by atoms with Crippen LogP contribution >= 0.6 is 0 Å². The molecule has 2 aliphatic rings. The first kappa shape index (κ1) is 25.2. The minimum Gasteiger partial charge on any atom is -0.508 e. The molecule has 0 atom stereocenters. The van der Waals surface area contributed by atoms with Crippen molar-refractivity contribution in [2.75, 3.05) is 39.3 Å². The Morgan fingerprint density at radius 1 is 1.03 bits per heavy atom. The molecule has 2 aromatic carbocycles. The van der Waals surface area contributed by atoms with Gasteiger partial charge in [-0.1, -0.05) is 26.0 Å². The van der Waals surface area contributed by atoms with Crippen molar-refractivity contribution in [2.45, 2.75) is 39.2 Å². The summed E-state index contributed by atoms with van der Waals surface area (Å²) in [6.45, 7) is 10.1. The summed E-state index contributed by atoms with van der Waals surface area (Å²) in [5.41, 5.74) is 3.37. The Hall–Kier alpha value is -3.43. The summed E-state index contributed by atoms with van der Waals surface area (Å²) in [7, 11) is 0. The highest BCUT2D eigenvalue weighted by Gasteiger charge is 2.29. The number of nitrogens with one attached hydrogen (secondary N) is 1. The lowest BCUT2D eigenvalue weighted by atomic mass is 9.94. The summed E-state index contributed by atoms with van der Waals surface area (Å²) in [4.78, 5) is 17.3. The van der Waals surface area contributed by atoms with Crippen molar-refractivity contribution < 1.29 is 15.0 Å². The molecule has 2 fully saturated rings. The molecule has 0 saturated carbocycles. The number of phenolic OH excluding ortho intramolecular Hbond substituents is 2. The first-order valence-electron chi connectivity index (χ1n) is 13.2. The number of benzene rings is 2. The molecule has 0 bridgehead atoms. The maximum Gasteiger partial charge on any atom is 0.225 e. The van der Waals surface area contributed by atoms with E-state index >= 15 is 0 Å². The highest BCUT2D eigenvalue weighted by atomic mass is 16.3. The summed E-state index contributed by atoms with van der Waals surface area (Å²) in [6.07, 6.45) is 3.46. The number of likely N-dealkylation sites (tertiary alicyclic amines) is 1. The number of hydrogen-bond acceptors (Lipinski definition) is 7. The molecule has 9 heteroatoms. The van der Waals surface area contributed by atoms with Crippen LogP contribution < -0.4 is 5.32 Å². The summed E-state index contributed by atoms with van der Waals surface area (Å²) < 4.78 is 1.84. The lowest BCUT2D eigenvalue weighted by Gasteiger charge is -2.35. The van der Waals surface area contributed by atoms with E-state index in [9.17, 15) is 15.0 Å². The molecule has 1 amide bonds. The van der Waals surface area contributed by atoms with Gasteiger partial charge in [-0.25, -0.2) is 0 Å². The SMILES string of the molecule is CC(C)c1cc(-c2nncn2-c2ccc(CN3CCC(C(=O)N4CCNCC4)CC3)cc2)c(O)cc1O. The first-order valence-corrected chi connectivity index (χ1v) is 13.2. The predicted octanol–water partition coefficient (Wildman–Crippen LogP) is 3.11. The molecule has 0 unspecified atom stereocenters. The van der Waals surface area contributed by atoms with Crippen LogP contribution in [0.5, 0.6) is 11.5 Å². The zero-order chi connectivity index (χ0) is 25.9. The van der Waals surface area contributed by atoms with E-state index in [1.54, 1.807) is 12.4 Å². The number of aromatic nitrogens is 3. The molecule has 0 aliphatic carbocycles. The van der Waals surface area contributed by atoms with E-state index < -0.39 is 0 Å². The minimum absolute atomic E-state index is 0.0355. The number of amides is 1. The summed E-state index contributed by atoms with van der Waals surface area (Å²) in [5, 5.41) is 32.4. The Balaban J connectivity index is 1.23. The zero-order valence-electron chi connectivity index (χ0n) is 21.6. The zero-order valence-corrected chi connectivity index (χ0v) is 21.6. The van der Waals surface area contributed by atoms with Crippen LogP contribution in [0.3, 0.4) is 0 Å². The summed E-state index contributed by atoms with van der Waals surface area (Å²) >= 11 is 0. The van der Waals surface area contributed by atoms with E-state index in [1.165, 1.54) is 11.6 Å². The van der Waals surface area contributed by atoms with Crippen LogP contribution in [0.4, 0.5) is 0 Å². The maximum atomic E-state index is 12.8. The molecule has 3 aromatic rings. The molecule has 0 spiro atoms. The quantitative estimate of drug-likeness (QED) is 0.474. The average molecular weight is 505 g/mol. The van der Waals surface area contributed by atoms with Crippen molar-refractivity contribution in [1.82, 2.24) is 29.9 Å². The fourth-order valence-electron chi connectivity index (χ4n) is 5.34. The van der Waals surface area contributed by atoms with Crippen molar-refractivity contribution >= 4 is 5.91 Å². The molecule has 0 radical (unpaired) electrons. The van der Waals surface area contributed by atoms with Crippen LogP contribution in [0.2, 0.25) is 0 Å². The van der Waals surface area contributed by atoms with Crippen molar-refractivity contribution in [2.24, 2.45) is 5.92 Å². The van der Waals surface area contributed by atoms with E-state index in [0.717, 1.165) is 69.9 Å². The molecule has 3 N–H and O–H groups in total. The van der Waals surface area contributed by atoms with Gasteiger partial charge in [-0.05, 0) is 61.2 Å². The number of carbonyl (C=O) groups excluding carboxylic acids is 1. The molecular formula is C28H36N6O3. The van der Waals surface area contributed by atoms with Crippen LogP contribution in [0.25, 0.3) is 17.1 Å². The van der Waals surface area contributed by atoms with Crippen LogP contribution in [0, 0.1) is 5.92 Å². The molecule has 3 heterocycles. The molecule has 196 valence electrons. The van der Waals surface area contributed by atoms with Gasteiger partial charge in [-0.2, -0.15) is 0 Å². The topological polar surface area (TPSA) is 107 Å². The second-order valence-electron chi connectivity index (χ2n) is 10.4. The van der Waals surface area contributed by atoms with Crippen LogP contribution in [-0.4, -0.2) is 80.0 Å². The third-order valence-corrected chi connectivity index (χ3v) is 7.54. The van der Waals surface area contributed by atoms with Crippen LogP contribution in [0.1, 0.15) is 43.7 Å². The number of piperazine rings is 1. The molecule has 37 heavy (non-hydrogen) atoms. The highest BCUT2D eigenvalue weighted by molar-refractivity contribution is 5.79. The Kier molecular flexibility index (Phi) is 7.43. The molecule has 1 aromatic heterocycles. The summed E-state index contributed by atoms with van der Waals surface area (Å²) in [6, 6.07) is 11.4. The van der Waals surface area contributed by atoms with Crippen LogP contribution in [-0.2, 0) is 11.3 Å². The van der Waals surface area contributed by atoms with Gasteiger partial charge in [0.1, 0.15) is 17.8 Å². The number of aromatic hydroxyl groups is 2. The highest BCUT2D eigenvalue weighted by Crippen LogP contribution is 2.37. The number of carbonyl (C=O) groups is 1. The normalized spacial score (nSPS) is 17.4. The van der Waals surface area contributed by atoms with E-state index in [1.807, 2.05) is 35.4 Å². The third kappa shape index (κ3) is 5.47. The third-order valence-electron chi connectivity index (χ3n) is 7.54. The van der Waals surface area contributed by atoms with E-state index in [-0.39, 0.29) is 23.3 Å². The molecular weight excluding hydrogens is 468 g/mol. The van der Waals surface area contributed by atoms with Gasteiger partial charge in [-0.3, -0.25) is 14.3 Å². The molecule has 2 aliphatic heterocycles. The average Bonchev–Trinajstić information content (AvgIpc) is 3.39. The maximum absolute atomic E-state index is 12.8. The van der Waals surface area contributed by atoms with Crippen molar-refractivity contribution in [3.63, 3.8) is 0 Å². The van der Waals surface area contributed by atoms with E-state index in [0.29, 0.717) is 17.3 Å². The van der Waals surface area contributed by atoms with Crippen molar-refractivity contribution in [3.05, 3.63) is 53.9 Å². The smallest absolute Gasteiger partial charge is 0.225 e. The number of phenols is 2. The van der Waals surface area contributed by atoms with Crippen LogP contribution in [0.15, 0.2) is 42.7 Å². The second-order valence-corrected chi connectivity index (χ2v) is 10.4. The molecule has 9 nitrogen and oxygen atoms in total. The standard InChI is InChI=1S/C28H36N6O3/c1-19(2)23-15-24(26(36)16-25(23)35)27-31-30-18-34(27)22-5-3-20(4-6-22)17-32-11-7-21(8-12-32)28(37)33-13-9-29-10-14-33/h3-6,15-16,18-19,21,29,35-36H,7-14,17H2,1-2H3. The molecule has 2 saturated heterocycles. The molecule has 5 rings (SSSR count). The first-order chi connectivity index (χ1) is 17.9. The van der Waals surface area contributed by atoms with Gasteiger partial charge >= 0.3 is 0 Å². The lowest BCUT2D eigenvalue weighted by molar-refractivity contribution is -0.137. The predicted molar refractivity (Wildman–Crippen MR) is 142 cm³/mol. The van der Waals surface area contributed by atoms with Crippen molar-refractivity contribution in [1.29, 1.82) is 0 Å². The van der Waals surface area contributed by atoms with Gasteiger partial charge in [0.05, 0.1) is 5.56 Å². The number of hydrogen-bond donors (Lipinski definition) is 3. The fourth-order valence-corrected chi connectivity index (χ4v) is 5.34. The second kappa shape index (κ2) is 10.9. The Morgan fingerprint density at radius 2 is 1.73 bits per heavy atom. The number of piperidine rings is 1. The Morgan fingerprint density at radius 3 is 2.41 bits per heavy atom. The fraction of sp³-hybridized carbons (Fsp3) is 0.464. The number of rotatable bonds is 6. The van der Waals surface area contributed by atoms with Gasteiger partial charge < -0.3 is 20.4 Å². The van der Waals surface area contributed by atoms with Crippen molar-refractivity contribution in [3.8, 4) is 28.6 Å². The summed E-state index contributed by atoms with van der Waals surface area (Å²) in [5.74, 6) is 1.13. The number of nitrogens with zero attached hydrogens (tertiary/aromatic N) is 5. The van der Waals surface area contributed by atoms with Gasteiger partial charge in [0.25, 0.3) is 0 Å². The minimum atomic E-state index is -0.0355. The van der Waals surface area contributed by atoms with Gasteiger partial charge in [0.15, 0.2) is 5.82 Å². The largest absolute Gasteiger partial charge is 0.508 e.